The number of nitrogens with one attached hydrogen (secondary N) is 1. The van der Waals surface area contributed by atoms with Crippen LogP contribution in [0.25, 0.3) is 0 Å². The van der Waals surface area contributed by atoms with Gasteiger partial charge in [0, 0.05) is 37.1 Å². The largest absolute Gasteiger partial charge is 0.376 e. The maximum absolute atomic E-state index is 12.9. The molecular formula is C21H25N3O3. The molecule has 1 aliphatic rings. The third-order valence-corrected chi connectivity index (χ3v) is 4.63. The summed E-state index contributed by atoms with van der Waals surface area (Å²) in [5, 5.41) is 2.87. The Hall–Kier alpha value is -2.73. The van der Waals surface area contributed by atoms with Crippen LogP contribution in [0.15, 0.2) is 42.6 Å². The number of rotatable bonds is 6. The Balaban J connectivity index is 1.73. The van der Waals surface area contributed by atoms with Crippen molar-refractivity contribution in [3.63, 3.8) is 0 Å². The van der Waals surface area contributed by atoms with Crippen molar-refractivity contribution in [1.82, 2.24) is 10.3 Å². The fourth-order valence-electron chi connectivity index (χ4n) is 3.18. The van der Waals surface area contributed by atoms with Crippen LogP contribution in [0.4, 0.5) is 5.69 Å². The number of aromatic nitrogens is 1. The number of benzene rings is 1. The van der Waals surface area contributed by atoms with E-state index in [9.17, 15) is 9.59 Å². The fraction of sp³-hybridized carbons (Fsp3) is 0.381. The van der Waals surface area contributed by atoms with Crippen LogP contribution in [0, 0.1) is 6.92 Å². The zero-order valence-electron chi connectivity index (χ0n) is 15.8. The van der Waals surface area contributed by atoms with Crippen LogP contribution in [0.2, 0.25) is 0 Å². The highest BCUT2D eigenvalue weighted by molar-refractivity contribution is 6.06. The molecule has 142 valence electrons. The SMILES string of the molecule is CCN(C(=O)c1cc(C(=O)NCC2CCCO2)ccn1)c1cccc(C)c1. The maximum Gasteiger partial charge on any atom is 0.276 e. The lowest BCUT2D eigenvalue weighted by Gasteiger charge is -2.21. The quantitative estimate of drug-likeness (QED) is 0.852. The summed E-state index contributed by atoms with van der Waals surface area (Å²) in [5.41, 5.74) is 2.57. The van der Waals surface area contributed by atoms with Crippen molar-refractivity contribution in [3.8, 4) is 0 Å². The number of hydrogen-bond donors (Lipinski definition) is 1. The summed E-state index contributed by atoms with van der Waals surface area (Å²) in [6.07, 6.45) is 3.56. The number of nitrogens with zero attached hydrogens (tertiary/aromatic N) is 2. The molecule has 1 atom stereocenters. The van der Waals surface area contributed by atoms with Crippen LogP contribution < -0.4 is 10.2 Å². The Morgan fingerprint density at radius 1 is 1.30 bits per heavy atom. The molecule has 2 heterocycles. The van der Waals surface area contributed by atoms with E-state index in [1.165, 1.54) is 6.20 Å². The molecule has 0 aliphatic carbocycles. The van der Waals surface area contributed by atoms with Gasteiger partial charge in [0.2, 0.25) is 0 Å². The lowest BCUT2D eigenvalue weighted by Crippen LogP contribution is -2.33. The molecule has 0 radical (unpaired) electrons. The van der Waals surface area contributed by atoms with Gasteiger partial charge in [-0.05, 0) is 56.5 Å². The molecule has 6 nitrogen and oxygen atoms in total. The van der Waals surface area contributed by atoms with E-state index in [1.54, 1.807) is 17.0 Å². The third kappa shape index (κ3) is 4.71. The number of hydrogen-bond acceptors (Lipinski definition) is 4. The van der Waals surface area contributed by atoms with Gasteiger partial charge in [-0.3, -0.25) is 14.6 Å². The summed E-state index contributed by atoms with van der Waals surface area (Å²) in [7, 11) is 0. The average molecular weight is 367 g/mol. The highest BCUT2D eigenvalue weighted by Gasteiger charge is 2.20. The highest BCUT2D eigenvalue weighted by Crippen LogP contribution is 2.18. The maximum atomic E-state index is 12.9. The average Bonchev–Trinajstić information content (AvgIpc) is 3.20. The summed E-state index contributed by atoms with van der Waals surface area (Å²) in [6, 6.07) is 10.9. The van der Waals surface area contributed by atoms with E-state index in [0.29, 0.717) is 18.7 Å². The van der Waals surface area contributed by atoms with Gasteiger partial charge < -0.3 is 15.0 Å². The molecule has 1 N–H and O–H groups in total. The second-order valence-corrected chi connectivity index (χ2v) is 6.66. The molecule has 1 aromatic heterocycles. The Bertz CT molecular complexity index is 816. The predicted octanol–water partition coefficient (Wildman–Crippen LogP) is 2.97. The van der Waals surface area contributed by atoms with E-state index in [1.807, 2.05) is 38.1 Å². The van der Waals surface area contributed by atoms with Gasteiger partial charge in [0.15, 0.2) is 0 Å². The molecular weight excluding hydrogens is 342 g/mol. The normalized spacial score (nSPS) is 16.1. The van der Waals surface area contributed by atoms with Crippen molar-refractivity contribution in [1.29, 1.82) is 0 Å². The molecule has 6 heteroatoms. The first-order valence-electron chi connectivity index (χ1n) is 9.33. The first kappa shape index (κ1) is 19.0. The number of aryl methyl sites for hydroxylation is 1. The van der Waals surface area contributed by atoms with Crippen molar-refractivity contribution in [3.05, 3.63) is 59.4 Å². The van der Waals surface area contributed by atoms with Crippen molar-refractivity contribution < 1.29 is 14.3 Å². The van der Waals surface area contributed by atoms with Crippen molar-refractivity contribution in [2.75, 3.05) is 24.6 Å². The first-order valence-corrected chi connectivity index (χ1v) is 9.33. The summed E-state index contributed by atoms with van der Waals surface area (Å²) < 4.78 is 5.52. The highest BCUT2D eigenvalue weighted by atomic mass is 16.5. The van der Waals surface area contributed by atoms with Crippen molar-refractivity contribution in [2.45, 2.75) is 32.8 Å². The molecule has 1 unspecified atom stereocenters. The van der Waals surface area contributed by atoms with Gasteiger partial charge in [-0.2, -0.15) is 0 Å². The van der Waals surface area contributed by atoms with Crippen LogP contribution in [-0.4, -0.2) is 42.6 Å². The van der Waals surface area contributed by atoms with Crippen LogP contribution in [0.5, 0.6) is 0 Å². The van der Waals surface area contributed by atoms with Crippen LogP contribution in [-0.2, 0) is 4.74 Å². The molecule has 3 rings (SSSR count). The van der Waals surface area contributed by atoms with Gasteiger partial charge in [-0.1, -0.05) is 12.1 Å². The zero-order valence-corrected chi connectivity index (χ0v) is 15.8. The molecule has 2 aromatic rings. The number of carbonyl (C=O) groups excluding carboxylic acids is 2. The molecule has 1 aromatic carbocycles. The Labute approximate surface area is 159 Å². The number of amides is 2. The number of anilines is 1. The lowest BCUT2D eigenvalue weighted by molar-refractivity contribution is 0.0857. The smallest absolute Gasteiger partial charge is 0.276 e. The van der Waals surface area contributed by atoms with Crippen molar-refractivity contribution >= 4 is 17.5 Å². The monoisotopic (exact) mass is 367 g/mol. The molecule has 2 amide bonds. The second-order valence-electron chi connectivity index (χ2n) is 6.66. The number of pyridine rings is 1. The van der Waals surface area contributed by atoms with Gasteiger partial charge in [0.1, 0.15) is 5.69 Å². The molecule has 1 aliphatic heterocycles. The molecule has 0 bridgehead atoms. The molecule has 0 saturated carbocycles. The Morgan fingerprint density at radius 3 is 2.85 bits per heavy atom. The van der Waals surface area contributed by atoms with Crippen LogP contribution in [0.1, 0.15) is 46.2 Å². The first-order chi connectivity index (χ1) is 13.1. The standard InChI is InChI=1S/C21H25N3O3/c1-3-24(17-7-4-6-15(2)12-17)21(26)19-13-16(9-10-22-19)20(25)23-14-18-8-5-11-27-18/h4,6-7,9-10,12-13,18H,3,5,8,11,14H2,1-2H3,(H,23,25). The fourth-order valence-corrected chi connectivity index (χ4v) is 3.18. The van der Waals surface area contributed by atoms with Crippen molar-refractivity contribution in [2.24, 2.45) is 0 Å². The van der Waals surface area contributed by atoms with Gasteiger partial charge in [-0.15, -0.1) is 0 Å². The van der Waals surface area contributed by atoms with Crippen LogP contribution >= 0.6 is 0 Å². The van der Waals surface area contributed by atoms with Crippen LogP contribution in [0.3, 0.4) is 0 Å². The minimum atomic E-state index is -0.225. The summed E-state index contributed by atoms with van der Waals surface area (Å²) >= 11 is 0. The molecule has 27 heavy (non-hydrogen) atoms. The third-order valence-electron chi connectivity index (χ3n) is 4.63. The van der Waals surface area contributed by atoms with E-state index in [4.69, 9.17) is 4.74 Å². The molecule has 0 spiro atoms. The summed E-state index contributed by atoms with van der Waals surface area (Å²) in [6.45, 7) is 5.64. The van der Waals surface area contributed by atoms with E-state index in [-0.39, 0.29) is 23.6 Å². The van der Waals surface area contributed by atoms with Gasteiger partial charge in [-0.25, -0.2) is 0 Å². The topological polar surface area (TPSA) is 71.5 Å². The minimum absolute atomic E-state index is 0.0776. The number of carbonyl (C=O) groups is 2. The molecule has 1 saturated heterocycles. The minimum Gasteiger partial charge on any atom is -0.376 e. The van der Waals surface area contributed by atoms with Gasteiger partial charge >= 0.3 is 0 Å². The van der Waals surface area contributed by atoms with Gasteiger partial charge in [0.05, 0.1) is 6.10 Å². The Kier molecular flexibility index (Phi) is 6.19. The lowest BCUT2D eigenvalue weighted by atomic mass is 10.1. The van der Waals surface area contributed by atoms with E-state index in [2.05, 4.69) is 10.3 Å². The van der Waals surface area contributed by atoms with E-state index in [0.717, 1.165) is 30.7 Å². The summed E-state index contributed by atoms with van der Waals surface area (Å²) in [5.74, 6) is -0.447. The van der Waals surface area contributed by atoms with E-state index < -0.39 is 0 Å². The van der Waals surface area contributed by atoms with E-state index >= 15 is 0 Å². The number of ether oxygens (including phenoxy) is 1. The molecule has 1 fully saturated rings. The second kappa shape index (κ2) is 8.77. The summed E-state index contributed by atoms with van der Waals surface area (Å²) in [4.78, 5) is 31.2. The zero-order chi connectivity index (χ0) is 19.2. The van der Waals surface area contributed by atoms with Gasteiger partial charge in [0.25, 0.3) is 11.8 Å². The predicted molar refractivity (Wildman–Crippen MR) is 104 cm³/mol. The Morgan fingerprint density at radius 2 is 2.15 bits per heavy atom.